The van der Waals surface area contributed by atoms with E-state index in [2.05, 4.69) is 83.5 Å². The fraction of sp³-hybridized carbons (Fsp3) is 0.0526. The summed E-state index contributed by atoms with van der Waals surface area (Å²) in [7, 11) is 0. The van der Waals surface area contributed by atoms with Gasteiger partial charge in [0.25, 0.3) is 0 Å². The van der Waals surface area contributed by atoms with Crippen LogP contribution in [0.5, 0.6) is 0 Å². The number of fused-ring (bicyclic) bond motifs is 5. The molecule has 0 nitrogen and oxygen atoms in total. The molecule has 96 valence electrons. The Morgan fingerprint density at radius 1 is 0.600 bits per heavy atom. The van der Waals surface area contributed by atoms with Crippen LogP contribution in [0.15, 0.2) is 65.1 Å². The van der Waals surface area contributed by atoms with E-state index in [0.717, 1.165) is 4.47 Å². The number of rotatable bonds is 0. The van der Waals surface area contributed by atoms with Crippen LogP contribution in [0.25, 0.3) is 32.3 Å². The fourth-order valence-corrected chi connectivity index (χ4v) is 3.31. The lowest BCUT2D eigenvalue weighted by Crippen LogP contribution is -1.82. The van der Waals surface area contributed by atoms with E-state index in [9.17, 15) is 0 Å². The quantitative estimate of drug-likeness (QED) is 0.337. The smallest absolute Gasteiger partial charge is 0.0181 e. The molecule has 20 heavy (non-hydrogen) atoms. The second kappa shape index (κ2) is 4.32. The SMILES string of the molecule is Cc1ccc2ccc3c4cc(Br)ccc4ccc3c2c1. The van der Waals surface area contributed by atoms with E-state index >= 15 is 0 Å². The molecule has 0 bridgehead atoms. The molecule has 0 fully saturated rings. The molecule has 0 aromatic heterocycles. The van der Waals surface area contributed by atoms with E-state index in [1.165, 1.54) is 37.9 Å². The zero-order chi connectivity index (χ0) is 13.7. The third-order valence-corrected chi connectivity index (χ3v) is 4.45. The van der Waals surface area contributed by atoms with Crippen LogP contribution >= 0.6 is 15.9 Å². The van der Waals surface area contributed by atoms with E-state index in [0.29, 0.717) is 0 Å². The number of hydrogen-bond acceptors (Lipinski definition) is 0. The van der Waals surface area contributed by atoms with Crippen molar-refractivity contribution in [1.82, 2.24) is 0 Å². The highest BCUT2D eigenvalue weighted by molar-refractivity contribution is 9.10. The van der Waals surface area contributed by atoms with Crippen LogP contribution in [-0.2, 0) is 0 Å². The van der Waals surface area contributed by atoms with Crippen molar-refractivity contribution < 1.29 is 0 Å². The van der Waals surface area contributed by atoms with Gasteiger partial charge in [-0.3, -0.25) is 0 Å². The van der Waals surface area contributed by atoms with Gasteiger partial charge in [-0.1, -0.05) is 70.0 Å². The largest absolute Gasteiger partial charge is 0.0587 e. The summed E-state index contributed by atoms with van der Waals surface area (Å²) in [6.45, 7) is 2.15. The van der Waals surface area contributed by atoms with E-state index in [-0.39, 0.29) is 0 Å². The number of benzene rings is 4. The van der Waals surface area contributed by atoms with Crippen molar-refractivity contribution >= 4 is 48.2 Å². The zero-order valence-electron chi connectivity index (χ0n) is 11.2. The fourth-order valence-electron chi connectivity index (χ4n) is 2.95. The van der Waals surface area contributed by atoms with Gasteiger partial charge in [0.05, 0.1) is 0 Å². The van der Waals surface area contributed by atoms with Crippen molar-refractivity contribution in [3.63, 3.8) is 0 Å². The van der Waals surface area contributed by atoms with E-state index in [1.54, 1.807) is 0 Å². The van der Waals surface area contributed by atoms with Crippen LogP contribution in [0.2, 0.25) is 0 Å². The summed E-state index contributed by atoms with van der Waals surface area (Å²) in [5, 5.41) is 7.88. The number of aryl methyl sites for hydroxylation is 1. The topological polar surface area (TPSA) is 0 Å². The molecule has 0 saturated carbocycles. The molecule has 0 radical (unpaired) electrons. The molecule has 0 N–H and O–H groups in total. The van der Waals surface area contributed by atoms with Crippen molar-refractivity contribution in [2.75, 3.05) is 0 Å². The van der Waals surface area contributed by atoms with Gasteiger partial charge in [-0.05, 0) is 51.4 Å². The first-order valence-electron chi connectivity index (χ1n) is 6.74. The molecule has 0 spiro atoms. The second-order valence-corrected chi connectivity index (χ2v) is 6.23. The molecule has 0 amide bonds. The first kappa shape index (κ1) is 11.9. The minimum atomic E-state index is 1.13. The van der Waals surface area contributed by atoms with Gasteiger partial charge in [0.2, 0.25) is 0 Å². The normalized spacial score (nSPS) is 11.5. The average Bonchev–Trinajstić information content (AvgIpc) is 2.46. The summed E-state index contributed by atoms with van der Waals surface area (Å²) >= 11 is 3.58. The van der Waals surface area contributed by atoms with E-state index in [4.69, 9.17) is 0 Å². The van der Waals surface area contributed by atoms with E-state index < -0.39 is 0 Å². The van der Waals surface area contributed by atoms with Gasteiger partial charge in [-0.25, -0.2) is 0 Å². The van der Waals surface area contributed by atoms with Crippen molar-refractivity contribution in [1.29, 1.82) is 0 Å². The lowest BCUT2D eigenvalue weighted by Gasteiger charge is -2.08. The summed E-state index contributed by atoms with van der Waals surface area (Å²) in [5.74, 6) is 0. The average molecular weight is 321 g/mol. The molecular weight excluding hydrogens is 308 g/mol. The molecule has 0 aliphatic rings. The Hall–Kier alpha value is -1.86. The molecule has 0 unspecified atom stereocenters. The van der Waals surface area contributed by atoms with Crippen LogP contribution in [0.3, 0.4) is 0 Å². The summed E-state index contributed by atoms with van der Waals surface area (Å²) in [6.07, 6.45) is 0. The highest BCUT2D eigenvalue weighted by atomic mass is 79.9. The van der Waals surface area contributed by atoms with Gasteiger partial charge in [0.1, 0.15) is 0 Å². The standard InChI is InChI=1S/C19H13Br/c1-12-2-3-13-5-9-17-16(18(13)10-12)8-6-14-4-7-15(20)11-19(14)17/h2-11H,1H3. The van der Waals surface area contributed by atoms with Gasteiger partial charge in [0, 0.05) is 4.47 Å². The van der Waals surface area contributed by atoms with Crippen LogP contribution in [0.4, 0.5) is 0 Å². The Balaban J connectivity index is 2.26. The third kappa shape index (κ3) is 1.74. The van der Waals surface area contributed by atoms with Gasteiger partial charge in [-0.15, -0.1) is 0 Å². The molecule has 0 aliphatic carbocycles. The maximum Gasteiger partial charge on any atom is 0.0181 e. The van der Waals surface area contributed by atoms with Crippen LogP contribution in [-0.4, -0.2) is 0 Å². The van der Waals surface area contributed by atoms with Gasteiger partial charge in [0.15, 0.2) is 0 Å². The van der Waals surface area contributed by atoms with Crippen LogP contribution < -0.4 is 0 Å². The Kier molecular flexibility index (Phi) is 2.58. The summed E-state index contributed by atoms with van der Waals surface area (Å²) < 4.78 is 1.13. The summed E-state index contributed by atoms with van der Waals surface area (Å²) in [4.78, 5) is 0. The maximum absolute atomic E-state index is 3.58. The highest BCUT2D eigenvalue weighted by Gasteiger charge is 2.05. The molecule has 0 aliphatic heterocycles. The van der Waals surface area contributed by atoms with Gasteiger partial charge >= 0.3 is 0 Å². The Bertz CT molecular complexity index is 886. The Morgan fingerprint density at radius 3 is 1.85 bits per heavy atom. The van der Waals surface area contributed by atoms with Gasteiger partial charge in [-0.2, -0.15) is 0 Å². The van der Waals surface area contributed by atoms with Crippen LogP contribution in [0, 0.1) is 6.92 Å². The van der Waals surface area contributed by atoms with Crippen molar-refractivity contribution in [2.24, 2.45) is 0 Å². The summed E-state index contributed by atoms with van der Waals surface area (Å²) in [6, 6.07) is 22.0. The first-order chi connectivity index (χ1) is 9.72. The van der Waals surface area contributed by atoms with E-state index in [1.807, 2.05) is 0 Å². The minimum absolute atomic E-state index is 1.13. The maximum atomic E-state index is 3.58. The molecular formula is C19H13Br. The molecule has 1 heteroatoms. The molecule has 4 aromatic carbocycles. The molecule has 0 atom stereocenters. The Labute approximate surface area is 126 Å². The molecule has 4 rings (SSSR count). The predicted octanol–water partition coefficient (Wildman–Crippen LogP) is 6.22. The number of hydrogen-bond donors (Lipinski definition) is 0. The summed E-state index contributed by atoms with van der Waals surface area (Å²) in [5.41, 5.74) is 1.30. The third-order valence-electron chi connectivity index (χ3n) is 3.95. The minimum Gasteiger partial charge on any atom is -0.0587 e. The Morgan fingerprint density at radius 2 is 1.15 bits per heavy atom. The number of halogens is 1. The molecule has 0 heterocycles. The van der Waals surface area contributed by atoms with Crippen LogP contribution in [0.1, 0.15) is 5.56 Å². The van der Waals surface area contributed by atoms with Crippen molar-refractivity contribution in [3.05, 3.63) is 70.7 Å². The lowest BCUT2D eigenvalue weighted by atomic mass is 9.96. The first-order valence-corrected chi connectivity index (χ1v) is 7.53. The van der Waals surface area contributed by atoms with Crippen molar-refractivity contribution in [2.45, 2.75) is 6.92 Å². The monoisotopic (exact) mass is 320 g/mol. The lowest BCUT2D eigenvalue weighted by molar-refractivity contribution is 1.51. The van der Waals surface area contributed by atoms with Gasteiger partial charge < -0.3 is 0 Å². The second-order valence-electron chi connectivity index (χ2n) is 5.32. The molecule has 4 aromatic rings. The van der Waals surface area contributed by atoms with Crippen molar-refractivity contribution in [3.8, 4) is 0 Å². The highest BCUT2D eigenvalue weighted by Crippen LogP contribution is 2.32. The predicted molar refractivity (Wildman–Crippen MR) is 91.4 cm³/mol. The molecule has 0 saturated heterocycles. The zero-order valence-corrected chi connectivity index (χ0v) is 12.7.